The zero-order valence-electron chi connectivity index (χ0n) is 14.2. The van der Waals surface area contributed by atoms with Crippen LogP contribution in [-0.4, -0.2) is 41.0 Å². The molecule has 2 amide bonds. The summed E-state index contributed by atoms with van der Waals surface area (Å²) >= 11 is 12.8. The summed E-state index contributed by atoms with van der Waals surface area (Å²) in [5, 5.41) is 8.45. The molecule has 0 saturated carbocycles. The van der Waals surface area contributed by atoms with Crippen molar-refractivity contribution in [3.8, 4) is 0 Å². The van der Waals surface area contributed by atoms with Crippen LogP contribution in [0.2, 0.25) is 10.0 Å². The molecule has 0 unspecified atom stereocenters. The van der Waals surface area contributed by atoms with Crippen molar-refractivity contribution < 1.29 is 18.0 Å². The minimum absolute atomic E-state index is 0.0517. The number of carbonyl (C=O) groups excluding carboxylic acids is 2. The van der Waals surface area contributed by atoms with Gasteiger partial charge in [0.15, 0.2) is 15.0 Å². The van der Waals surface area contributed by atoms with E-state index in [1.807, 2.05) is 0 Å². The molecule has 2 rings (SSSR count). The first-order chi connectivity index (χ1) is 11.9. The van der Waals surface area contributed by atoms with Crippen molar-refractivity contribution in [3.63, 3.8) is 0 Å². The van der Waals surface area contributed by atoms with E-state index < -0.39 is 14.7 Å². The molecule has 0 spiro atoms. The highest BCUT2D eigenvalue weighted by atomic mass is 35.5. The number of rotatable bonds is 4. The van der Waals surface area contributed by atoms with E-state index in [2.05, 4.69) is 10.4 Å². The molecule has 142 valence electrons. The number of thioether (sulfide) groups is 1. The number of amides is 2. The second kappa shape index (κ2) is 7.75. The Morgan fingerprint density at radius 3 is 2.46 bits per heavy atom. The maximum atomic E-state index is 12.6. The van der Waals surface area contributed by atoms with E-state index in [0.29, 0.717) is 0 Å². The molecule has 1 aromatic rings. The Morgan fingerprint density at radius 2 is 1.92 bits per heavy atom. The van der Waals surface area contributed by atoms with Crippen LogP contribution in [-0.2, 0) is 19.4 Å². The quantitative estimate of drug-likeness (QED) is 0.780. The summed E-state index contributed by atoms with van der Waals surface area (Å²) in [4.78, 5) is 22.2. The maximum Gasteiger partial charge on any atom is 0.240 e. The summed E-state index contributed by atoms with van der Waals surface area (Å²) in [5.41, 5.74) is 0. The molecule has 0 bridgehead atoms. The smallest absolute Gasteiger partial charge is 0.240 e. The van der Waals surface area contributed by atoms with E-state index in [1.54, 1.807) is 6.92 Å². The fourth-order valence-electron chi connectivity index (χ4n) is 2.34. The monoisotopic (exact) mass is 437 g/mol. The molecule has 1 atom stereocenters. The van der Waals surface area contributed by atoms with E-state index in [1.165, 1.54) is 37.1 Å². The fraction of sp³-hybridized carbons (Fsp3) is 0.400. The molecule has 1 aliphatic rings. The third-order valence-corrected chi connectivity index (χ3v) is 7.27. The van der Waals surface area contributed by atoms with Gasteiger partial charge in [0.1, 0.15) is 4.87 Å². The molecular weight excluding hydrogens is 421 g/mol. The van der Waals surface area contributed by atoms with Gasteiger partial charge < -0.3 is 5.32 Å². The second-order valence-electron chi connectivity index (χ2n) is 5.84. The summed E-state index contributed by atoms with van der Waals surface area (Å²) in [6, 6.07) is 4.10. The lowest BCUT2D eigenvalue weighted by atomic mass is 10.2. The van der Waals surface area contributed by atoms with Gasteiger partial charge in [0, 0.05) is 13.8 Å². The number of nitrogens with one attached hydrogen (secondary N) is 1. The molecule has 11 heteroatoms. The number of hydrazone groups is 1. The zero-order chi connectivity index (χ0) is 19.7. The number of carbonyl (C=O) groups is 2. The molecule has 0 fully saturated rings. The summed E-state index contributed by atoms with van der Waals surface area (Å²) < 4.78 is 25.2. The normalized spacial score (nSPS) is 20.0. The number of sulfone groups is 1. The molecule has 1 heterocycles. The van der Waals surface area contributed by atoms with Crippen molar-refractivity contribution in [2.75, 3.05) is 5.75 Å². The molecular formula is C15H17Cl2N3O4S2. The second-order valence-corrected chi connectivity index (χ2v) is 10.2. The van der Waals surface area contributed by atoms with Crippen LogP contribution in [0.3, 0.4) is 0 Å². The van der Waals surface area contributed by atoms with Gasteiger partial charge in [0.2, 0.25) is 11.8 Å². The van der Waals surface area contributed by atoms with Crippen LogP contribution in [0.15, 0.2) is 28.2 Å². The van der Waals surface area contributed by atoms with Crippen LogP contribution in [0.1, 0.15) is 27.2 Å². The fourth-order valence-corrected chi connectivity index (χ4v) is 5.50. The number of hydrogen-bond acceptors (Lipinski definition) is 6. The molecule has 0 radical (unpaired) electrons. The van der Waals surface area contributed by atoms with E-state index in [0.717, 1.165) is 11.8 Å². The summed E-state index contributed by atoms with van der Waals surface area (Å²) in [5.74, 6) is -0.916. The van der Waals surface area contributed by atoms with E-state index in [-0.39, 0.29) is 44.1 Å². The minimum Gasteiger partial charge on any atom is -0.304 e. The Balaban J connectivity index is 2.19. The van der Waals surface area contributed by atoms with Crippen molar-refractivity contribution >= 4 is 61.8 Å². The van der Waals surface area contributed by atoms with Crippen molar-refractivity contribution in [1.29, 1.82) is 0 Å². The highest BCUT2D eigenvalue weighted by molar-refractivity contribution is 8.15. The largest absolute Gasteiger partial charge is 0.304 e. The van der Waals surface area contributed by atoms with E-state index in [4.69, 9.17) is 23.2 Å². The molecule has 0 aromatic heterocycles. The van der Waals surface area contributed by atoms with Gasteiger partial charge in [-0.15, -0.1) is 5.10 Å². The van der Waals surface area contributed by atoms with Crippen molar-refractivity contribution in [3.05, 3.63) is 28.2 Å². The lowest BCUT2D eigenvalue weighted by Crippen LogP contribution is -2.41. The third kappa shape index (κ3) is 4.70. The third-order valence-electron chi connectivity index (χ3n) is 3.62. The first-order valence-corrected chi connectivity index (χ1v) is 10.7. The Kier molecular flexibility index (Phi) is 6.27. The van der Waals surface area contributed by atoms with Crippen LogP contribution in [0.25, 0.3) is 0 Å². The number of benzene rings is 1. The predicted octanol–water partition coefficient (Wildman–Crippen LogP) is 2.88. The molecule has 26 heavy (non-hydrogen) atoms. The zero-order valence-corrected chi connectivity index (χ0v) is 17.4. The number of halogens is 2. The van der Waals surface area contributed by atoms with Crippen LogP contribution < -0.4 is 5.32 Å². The minimum atomic E-state index is -3.65. The Bertz CT molecular complexity index is 889. The van der Waals surface area contributed by atoms with Crippen LogP contribution in [0.4, 0.5) is 0 Å². The van der Waals surface area contributed by atoms with Gasteiger partial charge in [-0.3, -0.25) is 9.59 Å². The van der Waals surface area contributed by atoms with Gasteiger partial charge in [0.05, 0.1) is 20.7 Å². The van der Waals surface area contributed by atoms with Gasteiger partial charge >= 0.3 is 0 Å². The van der Waals surface area contributed by atoms with Crippen molar-refractivity contribution in [1.82, 2.24) is 10.3 Å². The first kappa shape index (κ1) is 21.0. The van der Waals surface area contributed by atoms with Crippen LogP contribution >= 0.6 is 35.0 Å². The van der Waals surface area contributed by atoms with Gasteiger partial charge in [0.25, 0.3) is 0 Å². The Labute approximate surface area is 166 Å². The van der Waals surface area contributed by atoms with Crippen LogP contribution in [0.5, 0.6) is 0 Å². The lowest BCUT2D eigenvalue weighted by Gasteiger charge is -2.30. The van der Waals surface area contributed by atoms with Crippen molar-refractivity contribution in [2.24, 2.45) is 5.10 Å². The average Bonchev–Trinajstić information content (AvgIpc) is 2.84. The summed E-state index contributed by atoms with van der Waals surface area (Å²) in [6.45, 7) is 4.35. The Hall–Kier alpha value is -1.29. The standard InChI is InChI=1S/C15H17Cl2N3O4S2/c1-9(21)18-14-19-20(10(2)22)15(3,25-14)6-7-26(23,24)11-4-5-12(16)13(17)8-11/h4-5,8H,6-7H2,1-3H3,(H,18,19,21)/t15-/m1/s1. The highest BCUT2D eigenvalue weighted by Crippen LogP contribution is 2.40. The van der Waals surface area contributed by atoms with Gasteiger partial charge in [-0.05, 0) is 31.5 Å². The predicted molar refractivity (Wildman–Crippen MR) is 103 cm³/mol. The van der Waals surface area contributed by atoms with Crippen molar-refractivity contribution in [2.45, 2.75) is 37.0 Å². The Morgan fingerprint density at radius 1 is 1.27 bits per heavy atom. The van der Waals surface area contributed by atoms with Gasteiger partial charge in [-0.25, -0.2) is 13.4 Å². The summed E-state index contributed by atoms with van der Waals surface area (Å²) in [6.07, 6.45) is 0.104. The molecule has 7 nitrogen and oxygen atoms in total. The lowest BCUT2D eigenvalue weighted by molar-refractivity contribution is -0.131. The maximum absolute atomic E-state index is 12.6. The molecule has 0 saturated heterocycles. The van der Waals surface area contributed by atoms with Gasteiger partial charge in [-0.1, -0.05) is 35.0 Å². The number of nitrogens with zero attached hydrogens (tertiary/aromatic N) is 2. The molecule has 1 N–H and O–H groups in total. The molecule has 1 aliphatic heterocycles. The molecule has 1 aromatic carbocycles. The molecule has 0 aliphatic carbocycles. The number of amidine groups is 1. The van der Waals surface area contributed by atoms with E-state index in [9.17, 15) is 18.0 Å². The SMILES string of the molecule is CC(=O)NC1=NN(C(C)=O)[C@@](C)(CCS(=O)(=O)c2ccc(Cl)c(Cl)c2)S1. The topological polar surface area (TPSA) is 95.9 Å². The van der Waals surface area contributed by atoms with Gasteiger partial charge in [-0.2, -0.15) is 0 Å². The van der Waals surface area contributed by atoms with Crippen LogP contribution in [0, 0.1) is 0 Å². The highest BCUT2D eigenvalue weighted by Gasteiger charge is 2.43. The number of hydrogen-bond donors (Lipinski definition) is 1. The summed E-state index contributed by atoms with van der Waals surface area (Å²) in [7, 11) is -3.65. The van der Waals surface area contributed by atoms with E-state index >= 15 is 0 Å². The first-order valence-electron chi connectivity index (χ1n) is 7.48. The average molecular weight is 438 g/mol.